The molecule has 1 aliphatic carbocycles. The Balaban J connectivity index is 2.45. The second-order valence-electron chi connectivity index (χ2n) is 5.40. The van der Waals surface area contributed by atoms with Gasteiger partial charge in [-0.15, -0.1) is 0 Å². The number of rotatable bonds is 3. The average Bonchev–Trinajstić information content (AvgIpc) is 2.46. The van der Waals surface area contributed by atoms with E-state index in [2.05, 4.69) is 28.1 Å². The largest absolute Gasteiger partial charge is 0.469 e. The van der Waals surface area contributed by atoms with Crippen molar-refractivity contribution in [3.8, 4) is 0 Å². The summed E-state index contributed by atoms with van der Waals surface area (Å²) in [7, 11) is 5.41. The van der Waals surface area contributed by atoms with Gasteiger partial charge >= 0.3 is 5.97 Å². The molecule has 2 atom stereocenters. The highest BCUT2D eigenvalue weighted by atomic mass is 79.9. The van der Waals surface area contributed by atoms with E-state index < -0.39 is 0 Å². The van der Waals surface area contributed by atoms with Gasteiger partial charge in [0.15, 0.2) is 0 Å². The van der Waals surface area contributed by atoms with Gasteiger partial charge in [-0.3, -0.25) is 4.79 Å². The Morgan fingerprint density at radius 2 is 1.86 bits per heavy atom. The zero-order chi connectivity index (χ0) is 15.6. The highest BCUT2D eigenvalue weighted by Gasteiger charge is 2.34. The monoisotopic (exact) mass is 349 g/mol. The Bertz CT molecular complexity index is 587. The van der Waals surface area contributed by atoms with Gasteiger partial charge < -0.3 is 9.64 Å². The second-order valence-corrected chi connectivity index (χ2v) is 6.32. The first kappa shape index (κ1) is 15.8. The third-order valence-corrected chi connectivity index (χ3v) is 4.41. The number of halogens is 1. The van der Waals surface area contributed by atoms with Crippen LogP contribution in [0.4, 0.5) is 0 Å². The number of hydrogen-bond acceptors (Lipinski definition) is 3. The molecule has 3 nitrogen and oxygen atoms in total. The molecule has 0 spiro atoms. The minimum Gasteiger partial charge on any atom is -0.469 e. The van der Waals surface area contributed by atoms with Crippen LogP contribution in [0.1, 0.15) is 18.4 Å². The van der Waals surface area contributed by atoms with Crippen molar-refractivity contribution in [2.24, 2.45) is 5.92 Å². The van der Waals surface area contributed by atoms with Crippen molar-refractivity contribution < 1.29 is 9.53 Å². The van der Waals surface area contributed by atoms with Crippen LogP contribution in [0.3, 0.4) is 0 Å². The molecule has 1 aromatic rings. The summed E-state index contributed by atoms with van der Waals surface area (Å²) in [5.41, 5.74) is 3.23. The summed E-state index contributed by atoms with van der Waals surface area (Å²) in [6, 6.07) is 8.09. The molecule has 0 bridgehead atoms. The topological polar surface area (TPSA) is 29.5 Å². The van der Waals surface area contributed by atoms with Crippen molar-refractivity contribution in [3.63, 3.8) is 0 Å². The zero-order valence-electron chi connectivity index (χ0n) is 12.8. The third-order valence-electron chi connectivity index (χ3n) is 3.88. The van der Waals surface area contributed by atoms with Gasteiger partial charge in [0, 0.05) is 30.2 Å². The number of methoxy groups -OCH3 is 1. The minimum absolute atomic E-state index is 0.00856. The smallest absolute Gasteiger partial charge is 0.313 e. The van der Waals surface area contributed by atoms with Crippen LogP contribution < -0.4 is 0 Å². The number of esters is 1. The van der Waals surface area contributed by atoms with E-state index in [1.165, 1.54) is 7.11 Å². The standard InChI is InChI=1S/C17H20BrNO2/c1-11-15(19(2)3)10-9-14(16(11)17(20)21-4)12-5-7-13(18)8-6-12/h5-10,14,16H,1-4H3. The van der Waals surface area contributed by atoms with Crippen molar-refractivity contribution in [1.82, 2.24) is 4.90 Å². The lowest BCUT2D eigenvalue weighted by Crippen LogP contribution is -2.29. The first-order valence-corrected chi connectivity index (χ1v) is 7.64. The Morgan fingerprint density at radius 3 is 2.38 bits per heavy atom. The number of carbonyl (C=O) groups is 1. The summed E-state index contributed by atoms with van der Waals surface area (Å²) in [5.74, 6) is -0.461. The SMILES string of the molecule is COC(=O)C1C(C)=C(N(C)C)C=CC1c1ccc(Br)cc1. The van der Waals surface area contributed by atoms with Gasteiger partial charge in [-0.2, -0.15) is 0 Å². The number of nitrogens with zero attached hydrogens (tertiary/aromatic N) is 1. The molecular weight excluding hydrogens is 330 g/mol. The van der Waals surface area contributed by atoms with E-state index in [4.69, 9.17) is 4.74 Å². The van der Waals surface area contributed by atoms with Crippen LogP contribution in [-0.4, -0.2) is 32.1 Å². The Labute approximate surface area is 134 Å². The van der Waals surface area contributed by atoms with E-state index in [1.54, 1.807) is 0 Å². The van der Waals surface area contributed by atoms with Gasteiger partial charge in [0.05, 0.1) is 13.0 Å². The normalized spacial score (nSPS) is 21.4. The lowest BCUT2D eigenvalue weighted by Gasteiger charge is -2.31. The molecule has 0 aliphatic heterocycles. The number of benzene rings is 1. The molecule has 0 heterocycles. The summed E-state index contributed by atoms with van der Waals surface area (Å²) in [6.45, 7) is 2.01. The molecule has 112 valence electrons. The van der Waals surface area contributed by atoms with Crippen LogP contribution in [0.25, 0.3) is 0 Å². The van der Waals surface area contributed by atoms with Crippen molar-refractivity contribution in [2.45, 2.75) is 12.8 Å². The van der Waals surface area contributed by atoms with Gasteiger partial charge in [0.2, 0.25) is 0 Å². The molecule has 21 heavy (non-hydrogen) atoms. The van der Waals surface area contributed by atoms with Crippen molar-refractivity contribution in [3.05, 3.63) is 57.7 Å². The average molecular weight is 350 g/mol. The summed E-state index contributed by atoms with van der Waals surface area (Å²) >= 11 is 3.44. The Hall–Kier alpha value is -1.55. The van der Waals surface area contributed by atoms with E-state index in [-0.39, 0.29) is 17.8 Å². The maximum atomic E-state index is 12.3. The summed E-state index contributed by atoms with van der Waals surface area (Å²) in [6.07, 6.45) is 4.18. The molecule has 0 N–H and O–H groups in total. The van der Waals surface area contributed by atoms with Gasteiger partial charge in [-0.25, -0.2) is 0 Å². The number of likely N-dealkylation sites (N-methyl/N-ethyl adjacent to an activating group) is 1. The summed E-state index contributed by atoms with van der Waals surface area (Å²) < 4.78 is 6.06. The van der Waals surface area contributed by atoms with Gasteiger partial charge in [-0.1, -0.05) is 34.1 Å². The molecule has 0 fully saturated rings. The fourth-order valence-electron chi connectivity index (χ4n) is 2.81. The van der Waals surface area contributed by atoms with Crippen LogP contribution in [0.15, 0.2) is 52.2 Å². The minimum atomic E-state index is -0.279. The quantitative estimate of drug-likeness (QED) is 0.778. The van der Waals surface area contributed by atoms with Gasteiger partial charge in [0.1, 0.15) is 0 Å². The molecule has 0 amide bonds. The Morgan fingerprint density at radius 1 is 1.24 bits per heavy atom. The maximum Gasteiger partial charge on any atom is 0.313 e. The predicted molar refractivity (Wildman–Crippen MR) is 87.9 cm³/mol. The molecule has 1 aromatic carbocycles. The van der Waals surface area contributed by atoms with Crippen LogP contribution in [0, 0.1) is 5.92 Å². The fourth-order valence-corrected chi connectivity index (χ4v) is 3.07. The maximum absolute atomic E-state index is 12.3. The Kier molecular flexibility index (Phi) is 4.88. The number of hydrogen-bond donors (Lipinski definition) is 0. The molecular formula is C17H20BrNO2. The predicted octanol–water partition coefficient (Wildman–Crippen LogP) is 3.73. The molecule has 0 saturated heterocycles. The van der Waals surface area contributed by atoms with E-state index in [9.17, 15) is 4.79 Å². The second kappa shape index (κ2) is 6.48. The van der Waals surface area contributed by atoms with E-state index in [0.717, 1.165) is 21.3 Å². The van der Waals surface area contributed by atoms with Gasteiger partial charge in [0.25, 0.3) is 0 Å². The fraction of sp³-hybridized carbons (Fsp3) is 0.353. The summed E-state index contributed by atoms with van der Waals surface area (Å²) in [5, 5.41) is 0. The first-order valence-electron chi connectivity index (χ1n) is 6.85. The number of carbonyl (C=O) groups excluding carboxylic acids is 1. The highest BCUT2D eigenvalue weighted by Crippen LogP contribution is 2.38. The van der Waals surface area contributed by atoms with Crippen molar-refractivity contribution in [1.29, 1.82) is 0 Å². The molecule has 1 aliphatic rings. The molecule has 0 saturated carbocycles. The first-order chi connectivity index (χ1) is 9.95. The lowest BCUT2D eigenvalue weighted by atomic mass is 9.77. The molecule has 4 heteroatoms. The number of allylic oxidation sites excluding steroid dienone is 2. The molecule has 0 aromatic heterocycles. The van der Waals surface area contributed by atoms with Gasteiger partial charge in [-0.05, 0) is 36.3 Å². The summed E-state index contributed by atoms with van der Waals surface area (Å²) in [4.78, 5) is 14.3. The highest BCUT2D eigenvalue weighted by molar-refractivity contribution is 9.10. The van der Waals surface area contributed by atoms with Crippen molar-refractivity contribution in [2.75, 3.05) is 21.2 Å². The number of ether oxygens (including phenoxy) is 1. The van der Waals surface area contributed by atoms with E-state index >= 15 is 0 Å². The van der Waals surface area contributed by atoms with E-state index in [1.807, 2.05) is 50.2 Å². The third kappa shape index (κ3) is 3.21. The lowest BCUT2D eigenvalue weighted by molar-refractivity contribution is -0.144. The molecule has 0 radical (unpaired) electrons. The molecule has 2 unspecified atom stereocenters. The molecule has 2 rings (SSSR count). The van der Waals surface area contributed by atoms with Crippen LogP contribution in [-0.2, 0) is 9.53 Å². The van der Waals surface area contributed by atoms with E-state index in [0.29, 0.717) is 0 Å². The van der Waals surface area contributed by atoms with Crippen LogP contribution in [0.5, 0.6) is 0 Å². The van der Waals surface area contributed by atoms with Crippen molar-refractivity contribution >= 4 is 21.9 Å². The van der Waals surface area contributed by atoms with Crippen LogP contribution >= 0.6 is 15.9 Å². The zero-order valence-corrected chi connectivity index (χ0v) is 14.3. The van der Waals surface area contributed by atoms with Crippen LogP contribution in [0.2, 0.25) is 0 Å².